The summed E-state index contributed by atoms with van der Waals surface area (Å²) >= 11 is 3.26. The minimum Gasteiger partial charge on any atom is -0.383 e. The highest BCUT2D eigenvalue weighted by molar-refractivity contribution is 9.10. The Labute approximate surface area is 115 Å². The van der Waals surface area contributed by atoms with Crippen LogP contribution in [0.4, 0.5) is 5.82 Å². The zero-order valence-corrected chi connectivity index (χ0v) is 12.0. The number of carbonyl (C=O) groups is 1. The van der Waals surface area contributed by atoms with Gasteiger partial charge in [-0.1, -0.05) is 6.92 Å². The van der Waals surface area contributed by atoms with E-state index in [9.17, 15) is 4.79 Å². The maximum atomic E-state index is 11.8. The highest BCUT2D eigenvalue weighted by Crippen LogP contribution is 2.15. The van der Waals surface area contributed by atoms with Crippen molar-refractivity contribution in [1.29, 1.82) is 0 Å². The number of ether oxygens (including phenoxy) is 1. The van der Waals surface area contributed by atoms with Crippen LogP contribution in [0.1, 0.15) is 30.1 Å². The van der Waals surface area contributed by atoms with Crippen molar-refractivity contribution in [2.24, 2.45) is 0 Å². The molecule has 1 amide bonds. The van der Waals surface area contributed by atoms with Gasteiger partial charge in [-0.2, -0.15) is 0 Å². The first-order chi connectivity index (χ1) is 8.65. The number of anilines is 1. The van der Waals surface area contributed by atoms with E-state index in [1.165, 1.54) is 0 Å². The lowest BCUT2D eigenvalue weighted by atomic mass is 10.2. The third-order valence-electron chi connectivity index (χ3n) is 2.23. The van der Waals surface area contributed by atoms with Gasteiger partial charge in [-0.3, -0.25) is 4.79 Å². The van der Waals surface area contributed by atoms with Crippen molar-refractivity contribution >= 4 is 27.7 Å². The first-order valence-corrected chi connectivity index (χ1v) is 6.71. The van der Waals surface area contributed by atoms with Crippen LogP contribution in [-0.2, 0) is 4.74 Å². The predicted molar refractivity (Wildman–Crippen MR) is 74.4 cm³/mol. The van der Waals surface area contributed by atoms with E-state index < -0.39 is 0 Å². The molecule has 0 aliphatic carbocycles. The van der Waals surface area contributed by atoms with Crippen molar-refractivity contribution < 1.29 is 9.53 Å². The summed E-state index contributed by atoms with van der Waals surface area (Å²) in [6.45, 7) is 4.04. The molecule has 0 bridgehead atoms. The molecule has 6 heteroatoms. The zero-order chi connectivity index (χ0) is 13.4. The van der Waals surface area contributed by atoms with Gasteiger partial charge in [-0.05, 0) is 34.8 Å². The Kier molecular flexibility index (Phi) is 6.67. The number of nitrogen functional groups attached to an aromatic ring is 1. The average molecular weight is 316 g/mol. The molecule has 0 atom stereocenters. The molecule has 1 aromatic rings. The molecule has 18 heavy (non-hydrogen) atoms. The Hall–Kier alpha value is -1.14. The molecule has 0 fully saturated rings. The lowest BCUT2D eigenvalue weighted by Gasteiger charge is -2.07. The summed E-state index contributed by atoms with van der Waals surface area (Å²) in [7, 11) is 0. The van der Waals surface area contributed by atoms with Crippen LogP contribution in [0.2, 0.25) is 0 Å². The van der Waals surface area contributed by atoms with Crippen LogP contribution < -0.4 is 11.1 Å². The molecule has 0 saturated carbocycles. The van der Waals surface area contributed by atoms with Gasteiger partial charge < -0.3 is 15.8 Å². The number of hydrogen-bond donors (Lipinski definition) is 2. The van der Waals surface area contributed by atoms with Crippen LogP contribution >= 0.6 is 15.9 Å². The van der Waals surface area contributed by atoms with Crippen molar-refractivity contribution in [2.75, 3.05) is 25.5 Å². The fourth-order valence-electron chi connectivity index (χ4n) is 1.35. The summed E-state index contributed by atoms with van der Waals surface area (Å²) < 4.78 is 6.05. The summed E-state index contributed by atoms with van der Waals surface area (Å²) in [4.78, 5) is 15.7. The van der Waals surface area contributed by atoms with Crippen molar-refractivity contribution in [1.82, 2.24) is 10.3 Å². The molecule has 1 heterocycles. The van der Waals surface area contributed by atoms with Gasteiger partial charge in [0.2, 0.25) is 0 Å². The number of pyridine rings is 1. The largest absolute Gasteiger partial charge is 0.383 e. The second kappa shape index (κ2) is 8.05. The summed E-state index contributed by atoms with van der Waals surface area (Å²) in [5, 5.41) is 2.78. The number of aromatic nitrogens is 1. The monoisotopic (exact) mass is 315 g/mol. The van der Waals surface area contributed by atoms with E-state index in [-0.39, 0.29) is 11.7 Å². The maximum Gasteiger partial charge on any atom is 0.255 e. The Balaban J connectivity index is 2.34. The van der Waals surface area contributed by atoms with Crippen LogP contribution in [0.15, 0.2) is 16.7 Å². The number of nitrogens with one attached hydrogen (secondary N) is 1. The maximum absolute atomic E-state index is 11.8. The van der Waals surface area contributed by atoms with Gasteiger partial charge in [0, 0.05) is 30.4 Å². The summed E-state index contributed by atoms with van der Waals surface area (Å²) in [5.41, 5.74) is 6.03. The molecular weight excluding hydrogens is 298 g/mol. The Morgan fingerprint density at radius 2 is 2.33 bits per heavy atom. The van der Waals surface area contributed by atoms with E-state index >= 15 is 0 Å². The Morgan fingerprint density at radius 1 is 1.56 bits per heavy atom. The smallest absolute Gasteiger partial charge is 0.255 e. The van der Waals surface area contributed by atoms with Crippen LogP contribution in [0.5, 0.6) is 0 Å². The number of amides is 1. The topological polar surface area (TPSA) is 77.2 Å². The zero-order valence-electron chi connectivity index (χ0n) is 10.4. The molecule has 0 radical (unpaired) electrons. The molecule has 1 rings (SSSR count). The second-order valence-corrected chi connectivity index (χ2v) is 4.72. The Bertz CT molecular complexity index is 399. The molecule has 5 nitrogen and oxygen atoms in total. The fraction of sp³-hybridized carbons (Fsp3) is 0.500. The van der Waals surface area contributed by atoms with Crippen LogP contribution in [-0.4, -0.2) is 30.6 Å². The number of halogens is 1. The molecule has 3 N–H and O–H groups in total. The third kappa shape index (κ3) is 5.01. The van der Waals surface area contributed by atoms with Crippen molar-refractivity contribution in [3.8, 4) is 0 Å². The van der Waals surface area contributed by atoms with Gasteiger partial charge in [-0.25, -0.2) is 4.98 Å². The van der Waals surface area contributed by atoms with Gasteiger partial charge in [-0.15, -0.1) is 0 Å². The van der Waals surface area contributed by atoms with E-state index in [1.54, 1.807) is 12.3 Å². The Morgan fingerprint density at radius 3 is 3.06 bits per heavy atom. The molecule has 1 aromatic heterocycles. The van der Waals surface area contributed by atoms with E-state index in [1.807, 2.05) is 0 Å². The highest BCUT2D eigenvalue weighted by atomic mass is 79.9. The van der Waals surface area contributed by atoms with Crippen LogP contribution in [0.25, 0.3) is 0 Å². The summed E-state index contributed by atoms with van der Waals surface area (Å²) in [5.74, 6) is 0.0229. The fourth-order valence-corrected chi connectivity index (χ4v) is 1.68. The molecular formula is C12H18BrN3O2. The normalized spacial score (nSPS) is 10.3. The average Bonchev–Trinajstić information content (AvgIpc) is 2.36. The molecule has 0 aromatic carbocycles. The first kappa shape index (κ1) is 14.9. The number of carbonyl (C=O) groups excluding carboxylic acids is 1. The van der Waals surface area contributed by atoms with Gasteiger partial charge in [0.25, 0.3) is 5.91 Å². The molecule has 100 valence electrons. The number of nitrogens with zero attached hydrogens (tertiary/aromatic N) is 1. The lowest BCUT2D eigenvalue weighted by Crippen LogP contribution is -2.26. The van der Waals surface area contributed by atoms with E-state index in [0.29, 0.717) is 18.7 Å². The van der Waals surface area contributed by atoms with Crippen molar-refractivity contribution in [3.05, 3.63) is 22.3 Å². The van der Waals surface area contributed by atoms with E-state index in [4.69, 9.17) is 10.5 Å². The highest BCUT2D eigenvalue weighted by Gasteiger charge is 2.10. The SMILES string of the molecule is CCCOCCCNC(=O)c1cc(Br)cnc1N. The van der Waals surface area contributed by atoms with E-state index in [0.717, 1.165) is 23.9 Å². The molecule has 0 saturated heterocycles. The van der Waals surface area contributed by atoms with Crippen molar-refractivity contribution in [2.45, 2.75) is 19.8 Å². The second-order valence-electron chi connectivity index (χ2n) is 3.81. The minimum absolute atomic E-state index is 0.211. The third-order valence-corrected chi connectivity index (χ3v) is 2.66. The first-order valence-electron chi connectivity index (χ1n) is 5.92. The summed E-state index contributed by atoms with van der Waals surface area (Å²) in [6, 6.07) is 1.66. The lowest BCUT2D eigenvalue weighted by molar-refractivity contribution is 0.0942. The number of hydrogen-bond acceptors (Lipinski definition) is 4. The molecule has 0 spiro atoms. The quantitative estimate of drug-likeness (QED) is 0.754. The van der Waals surface area contributed by atoms with Crippen LogP contribution in [0.3, 0.4) is 0 Å². The van der Waals surface area contributed by atoms with E-state index in [2.05, 4.69) is 33.2 Å². The molecule has 0 aliphatic heterocycles. The standard InChI is InChI=1S/C12H18BrN3O2/c1-2-5-18-6-3-4-15-12(17)10-7-9(13)8-16-11(10)14/h7-8H,2-6H2,1H3,(H2,14,16)(H,15,17). The van der Waals surface area contributed by atoms with Gasteiger partial charge in [0.15, 0.2) is 0 Å². The predicted octanol–water partition coefficient (Wildman–Crippen LogP) is 1.97. The van der Waals surface area contributed by atoms with Crippen LogP contribution in [0, 0.1) is 0 Å². The molecule has 0 unspecified atom stereocenters. The van der Waals surface area contributed by atoms with Crippen molar-refractivity contribution in [3.63, 3.8) is 0 Å². The van der Waals surface area contributed by atoms with Gasteiger partial charge in [0.05, 0.1) is 5.56 Å². The number of nitrogens with two attached hydrogens (primary N) is 1. The number of rotatable bonds is 7. The van der Waals surface area contributed by atoms with Gasteiger partial charge >= 0.3 is 0 Å². The molecule has 0 aliphatic rings. The minimum atomic E-state index is -0.211. The summed E-state index contributed by atoms with van der Waals surface area (Å²) in [6.07, 6.45) is 3.35. The van der Waals surface area contributed by atoms with Gasteiger partial charge in [0.1, 0.15) is 5.82 Å².